The molecule has 24 heavy (non-hydrogen) atoms. The summed E-state index contributed by atoms with van der Waals surface area (Å²) in [6.07, 6.45) is 0. The number of nitrogens with zero attached hydrogens (tertiary/aromatic N) is 1. The number of thiol groups is 2. The average Bonchev–Trinajstić information content (AvgIpc) is 2.61. The third-order valence-corrected chi connectivity index (χ3v) is 6.64. The molecule has 0 aliphatic rings. The van der Waals surface area contributed by atoms with Crippen LogP contribution in [0.2, 0.25) is 0 Å². The summed E-state index contributed by atoms with van der Waals surface area (Å²) in [7, 11) is 0. The summed E-state index contributed by atoms with van der Waals surface area (Å²) in [4.78, 5) is 9.17. The fourth-order valence-electron chi connectivity index (χ4n) is 2.15. The zero-order chi connectivity index (χ0) is 16.8. The van der Waals surface area contributed by atoms with Gasteiger partial charge < -0.3 is 0 Å². The second kappa shape index (κ2) is 8.90. The number of thioether (sulfide) groups is 2. The number of pyridine rings is 1. The lowest BCUT2D eigenvalue weighted by molar-refractivity contribution is 1.09. The van der Waals surface area contributed by atoms with E-state index >= 15 is 0 Å². The quantitative estimate of drug-likeness (QED) is 0.384. The molecule has 0 amide bonds. The summed E-state index contributed by atoms with van der Waals surface area (Å²) in [6.45, 7) is 0. The van der Waals surface area contributed by atoms with Gasteiger partial charge in [0.1, 0.15) is 0 Å². The molecule has 0 aliphatic carbocycles. The first-order valence-electron chi connectivity index (χ1n) is 7.49. The largest absolute Gasteiger partial charge is 0.256 e. The minimum Gasteiger partial charge on any atom is -0.256 e. The smallest absolute Gasteiger partial charge is 0.0509 e. The van der Waals surface area contributed by atoms with Gasteiger partial charge in [-0.15, -0.1) is 48.8 Å². The predicted octanol–water partition coefficient (Wildman–Crippen LogP) is 6.24. The molecule has 0 fully saturated rings. The number of aromatic nitrogens is 1. The molecule has 1 aromatic heterocycles. The van der Waals surface area contributed by atoms with Crippen LogP contribution in [0.25, 0.3) is 0 Å². The van der Waals surface area contributed by atoms with Crippen LogP contribution >= 0.6 is 48.8 Å². The molecule has 3 aromatic rings. The van der Waals surface area contributed by atoms with Gasteiger partial charge in [0.2, 0.25) is 0 Å². The van der Waals surface area contributed by atoms with Crippen LogP contribution < -0.4 is 0 Å². The van der Waals surface area contributed by atoms with Gasteiger partial charge in [0.15, 0.2) is 0 Å². The molecule has 0 unspecified atom stereocenters. The van der Waals surface area contributed by atoms with E-state index in [1.807, 2.05) is 36.4 Å². The molecule has 0 aliphatic heterocycles. The third-order valence-electron chi connectivity index (χ3n) is 3.35. The van der Waals surface area contributed by atoms with Crippen molar-refractivity contribution >= 4 is 48.8 Å². The first kappa shape index (κ1) is 17.8. The van der Waals surface area contributed by atoms with Crippen molar-refractivity contribution in [3.63, 3.8) is 0 Å². The van der Waals surface area contributed by atoms with E-state index in [4.69, 9.17) is 4.98 Å². The Balaban J connectivity index is 1.62. The van der Waals surface area contributed by atoms with Crippen molar-refractivity contribution in [2.24, 2.45) is 0 Å². The van der Waals surface area contributed by atoms with E-state index in [9.17, 15) is 0 Å². The van der Waals surface area contributed by atoms with Gasteiger partial charge in [0.05, 0.1) is 11.4 Å². The lowest BCUT2D eigenvalue weighted by atomic mass is 10.3. The first-order chi connectivity index (χ1) is 11.7. The number of hydrogen-bond acceptors (Lipinski definition) is 5. The van der Waals surface area contributed by atoms with Gasteiger partial charge >= 0.3 is 0 Å². The Kier molecular flexibility index (Phi) is 6.60. The summed E-state index contributed by atoms with van der Waals surface area (Å²) < 4.78 is 0. The number of benzene rings is 2. The Morgan fingerprint density at radius 1 is 0.625 bits per heavy atom. The SMILES string of the molecule is Sc1ccccc1SCc1cccc(CSc2ccccc2S)n1. The number of hydrogen-bond donors (Lipinski definition) is 2. The lowest BCUT2D eigenvalue weighted by Gasteiger charge is -2.07. The van der Waals surface area contributed by atoms with Gasteiger partial charge in [0, 0.05) is 31.1 Å². The van der Waals surface area contributed by atoms with Crippen LogP contribution in [0.15, 0.2) is 86.3 Å². The molecular formula is C19H17NS4. The zero-order valence-electron chi connectivity index (χ0n) is 12.9. The third kappa shape index (κ3) is 4.99. The highest BCUT2D eigenvalue weighted by Gasteiger charge is 2.04. The van der Waals surface area contributed by atoms with Gasteiger partial charge in [-0.05, 0) is 36.4 Å². The molecule has 0 N–H and O–H groups in total. The molecule has 0 bridgehead atoms. The van der Waals surface area contributed by atoms with Crippen LogP contribution in [0.1, 0.15) is 11.4 Å². The van der Waals surface area contributed by atoms with Crippen LogP contribution in [0.3, 0.4) is 0 Å². The van der Waals surface area contributed by atoms with Gasteiger partial charge in [-0.2, -0.15) is 0 Å². The maximum Gasteiger partial charge on any atom is 0.0509 e. The van der Waals surface area contributed by atoms with Crippen LogP contribution in [0, 0.1) is 0 Å². The summed E-state index contributed by atoms with van der Waals surface area (Å²) >= 11 is 12.5. The molecule has 1 heterocycles. The average molecular weight is 388 g/mol. The van der Waals surface area contributed by atoms with Crippen LogP contribution in [-0.2, 0) is 11.5 Å². The Labute approximate surface area is 162 Å². The summed E-state index contributed by atoms with van der Waals surface area (Å²) in [5, 5.41) is 0. The van der Waals surface area contributed by atoms with Gasteiger partial charge in [-0.1, -0.05) is 30.3 Å². The predicted molar refractivity (Wildman–Crippen MR) is 111 cm³/mol. The van der Waals surface area contributed by atoms with Gasteiger partial charge in [-0.3, -0.25) is 4.98 Å². The topological polar surface area (TPSA) is 12.9 Å². The second-order valence-corrected chi connectivity index (χ2v) is 8.13. The van der Waals surface area contributed by atoms with Crippen molar-refractivity contribution < 1.29 is 0 Å². The Morgan fingerprint density at radius 2 is 1.08 bits per heavy atom. The van der Waals surface area contributed by atoms with E-state index in [2.05, 4.69) is 55.6 Å². The highest BCUT2D eigenvalue weighted by Crippen LogP contribution is 2.29. The molecular weight excluding hydrogens is 370 g/mol. The molecule has 5 heteroatoms. The number of rotatable bonds is 6. The Morgan fingerprint density at radius 3 is 1.54 bits per heavy atom. The fraction of sp³-hybridized carbons (Fsp3) is 0.105. The van der Waals surface area contributed by atoms with Crippen molar-refractivity contribution in [3.8, 4) is 0 Å². The van der Waals surface area contributed by atoms with E-state index in [0.717, 1.165) is 32.7 Å². The molecule has 0 radical (unpaired) electrons. The molecule has 0 saturated carbocycles. The Hall–Kier alpha value is -1.01. The molecule has 2 aromatic carbocycles. The standard InChI is InChI=1S/C19H17NS4/c21-16-8-1-3-10-18(16)23-12-14-6-5-7-15(20-14)13-24-19-11-4-2-9-17(19)22/h1-11,21-22H,12-13H2. The zero-order valence-corrected chi connectivity index (χ0v) is 16.3. The molecule has 122 valence electrons. The van der Waals surface area contributed by atoms with E-state index in [0.29, 0.717) is 0 Å². The highest BCUT2D eigenvalue weighted by atomic mass is 32.2. The van der Waals surface area contributed by atoms with Crippen molar-refractivity contribution in [1.82, 2.24) is 4.98 Å². The maximum absolute atomic E-state index is 4.77. The van der Waals surface area contributed by atoms with E-state index in [1.165, 1.54) is 9.79 Å². The van der Waals surface area contributed by atoms with E-state index in [1.54, 1.807) is 23.5 Å². The fourth-order valence-corrected chi connectivity index (χ4v) is 4.57. The Bertz CT molecular complexity index is 755. The normalized spacial score (nSPS) is 10.8. The van der Waals surface area contributed by atoms with Crippen molar-refractivity contribution in [3.05, 3.63) is 78.1 Å². The van der Waals surface area contributed by atoms with Crippen molar-refractivity contribution in [2.75, 3.05) is 0 Å². The molecule has 0 spiro atoms. The van der Waals surface area contributed by atoms with Gasteiger partial charge in [-0.25, -0.2) is 0 Å². The summed E-state index contributed by atoms with van der Waals surface area (Å²) in [6, 6.07) is 22.5. The van der Waals surface area contributed by atoms with Crippen molar-refractivity contribution in [2.45, 2.75) is 31.1 Å². The first-order valence-corrected chi connectivity index (χ1v) is 10.4. The molecule has 1 nitrogen and oxygen atoms in total. The summed E-state index contributed by atoms with van der Waals surface area (Å²) in [5.41, 5.74) is 2.18. The second-order valence-electron chi connectivity index (χ2n) is 5.13. The van der Waals surface area contributed by atoms with E-state index < -0.39 is 0 Å². The van der Waals surface area contributed by atoms with E-state index in [-0.39, 0.29) is 0 Å². The van der Waals surface area contributed by atoms with Crippen molar-refractivity contribution in [1.29, 1.82) is 0 Å². The highest BCUT2D eigenvalue weighted by molar-refractivity contribution is 7.99. The van der Waals surface area contributed by atoms with Crippen LogP contribution in [0.5, 0.6) is 0 Å². The summed E-state index contributed by atoms with van der Waals surface area (Å²) in [5.74, 6) is 1.69. The maximum atomic E-state index is 4.77. The van der Waals surface area contributed by atoms with Gasteiger partial charge in [0.25, 0.3) is 0 Å². The monoisotopic (exact) mass is 387 g/mol. The minimum absolute atomic E-state index is 0.846. The molecule has 3 rings (SSSR count). The van der Waals surface area contributed by atoms with Crippen LogP contribution in [0.4, 0.5) is 0 Å². The minimum atomic E-state index is 0.846. The molecule has 0 saturated heterocycles. The molecule has 0 atom stereocenters. The van der Waals surface area contributed by atoms with Crippen LogP contribution in [-0.4, -0.2) is 4.98 Å². The lowest BCUT2D eigenvalue weighted by Crippen LogP contribution is -1.93.